The molecule has 8 nitrogen and oxygen atoms in total. The first kappa shape index (κ1) is 20.0. The van der Waals surface area contributed by atoms with E-state index in [2.05, 4.69) is 15.1 Å². The van der Waals surface area contributed by atoms with Crippen LogP contribution in [0.2, 0.25) is 5.15 Å². The first-order valence-corrected chi connectivity index (χ1v) is 8.77. The van der Waals surface area contributed by atoms with Crippen molar-refractivity contribution in [1.29, 1.82) is 0 Å². The van der Waals surface area contributed by atoms with E-state index >= 15 is 0 Å². The van der Waals surface area contributed by atoms with Crippen molar-refractivity contribution in [2.24, 2.45) is 7.05 Å². The number of aliphatic hydroxyl groups excluding tert-OH is 2. The average Bonchev–Trinajstić information content (AvgIpc) is 3.00. The predicted octanol–water partition coefficient (Wildman–Crippen LogP) is 1.57. The Balaban J connectivity index is 1.96. The van der Waals surface area contributed by atoms with Gasteiger partial charge in [0, 0.05) is 36.9 Å². The van der Waals surface area contributed by atoms with Crippen molar-refractivity contribution in [3.8, 4) is 17.1 Å². The van der Waals surface area contributed by atoms with Gasteiger partial charge < -0.3 is 20.7 Å². The van der Waals surface area contributed by atoms with Crippen LogP contribution in [0, 0.1) is 5.82 Å². The molecule has 0 saturated heterocycles. The molecule has 4 N–H and O–H groups in total. The summed E-state index contributed by atoms with van der Waals surface area (Å²) in [5.74, 6) is -0.542. The molecule has 1 unspecified atom stereocenters. The Morgan fingerprint density at radius 3 is 2.82 bits per heavy atom. The van der Waals surface area contributed by atoms with Gasteiger partial charge in [-0.1, -0.05) is 23.7 Å². The van der Waals surface area contributed by atoms with Crippen LogP contribution in [0.5, 0.6) is 5.75 Å². The lowest BCUT2D eigenvalue weighted by Crippen LogP contribution is -2.22. The molecular weight excluding hydrogens is 389 g/mol. The Labute approximate surface area is 165 Å². The SMILES string of the molecule is Cn1cc(Cc2cccc(F)c2OCC(O)CO)c(-c2cc(Cl)nc(N)n2)n1. The highest BCUT2D eigenvalue weighted by molar-refractivity contribution is 6.29. The highest BCUT2D eigenvalue weighted by Crippen LogP contribution is 2.29. The van der Waals surface area contributed by atoms with Crippen LogP contribution in [0.15, 0.2) is 30.5 Å². The second-order valence-electron chi connectivity index (χ2n) is 6.16. The molecule has 1 atom stereocenters. The van der Waals surface area contributed by atoms with Gasteiger partial charge in [-0.05, 0) is 6.07 Å². The number of halogens is 2. The number of nitrogens with zero attached hydrogens (tertiary/aromatic N) is 4. The van der Waals surface area contributed by atoms with E-state index in [1.807, 2.05) is 0 Å². The van der Waals surface area contributed by atoms with Crippen LogP contribution in [0.3, 0.4) is 0 Å². The molecule has 0 spiro atoms. The Hall–Kier alpha value is -2.75. The molecule has 0 aliphatic rings. The third-order valence-corrected chi connectivity index (χ3v) is 4.11. The smallest absolute Gasteiger partial charge is 0.222 e. The average molecular weight is 408 g/mol. The van der Waals surface area contributed by atoms with E-state index in [0.717, 1.165) is 5.56 Å². The van der Waals surface area contributed by atoms with E-state index in [4.69, 9.17) is 27.2 Å². The zero-order chi connectivity index (χ0) is 20.3. The number of benzene rings is 1. The summed E-state index contributed by atoms with van der Waals surface area (Å²) < 4.78 is 21.3. The van der Waals surface area contributed by atoms with Gasteiger partial charge in [-0.25, -0.2) is 14.4 Å². The Bertz CT molecular complexity index is 962. The lowest BCUT2D eigenvalue weighted by atomic mass is 10.0. The van der Waals surface area contributed by atoms with Gasteiger partial charge in [0.05, 0.1) is 12.3 Å². The van der Waals surface area contributed by atoms with Crippen molar-refractivity contribution >= 4 is 17.5 Å². The van der Waals surface area contributed by atoms with Gasteiger partial charge in [0.1, 0.15) is 23.6 Å². The maximum absolute atomic E-state index is 14.3. The number of ether oxygens (including phenoxy) is 1. The fourth-order valence-corrected chi connectivity index (χ4v) is 2.92. The van der Waals surface area contributed by atoms with Crippen LogP contribution in [0.1, 0.15) is 11.1 Å². The highest BCUT2D eigenvalue weighted by atomic mass is 35.5. The molecule has 2 aromatic heterocycles. The molecule has 0 radical (unpaired) electrons. The van der Waals surface area contributed by atoms with Gasteiger partial charge in [-0.3, -0.25) is 4.68 Å². The van der Waals surface area contributed by atoms with Gasteiger partial charge in [0.25, 0.3) is 0 Å². The monoisotopic (exact) mass is 407 g/mol. The maximum atomic E-state index is 14.3. The fraction of sp³-hybridized carbons (Fsp3) is 0.278. The van der Waals surface area contributed by atoms with Crippen molar-refractivity contribution in [3.05, 3.63) is 52.6 Å². The Morgan fingerprint density at radius 2 is 2.11 bits per heavy atom. The number of hydrogen-bond donors (Lipinski definition) is 3. The minimum Gasteiger partial charge on any atom is -0.487 e. The van der Waals surface area contributed by atoms with Crippen LogP contribution in [-0.4, -0.2) is 49.3 Å². The molecular formula is C18H19ClFN5O3. The lowest BCUT2D eigenvalue weighted by Gasteiger charge is -2.14. The van der Waals surface area contributed by atoms with Crippen LogP contribution in [0.25, 0.3) is 11.4 Å². The van der Waals surface area contributed by atoms with E-state index in [0.29, 0.717) is 17.0 Å². The second-order valence-corrected chi connectivity index (χ2v) is 6.55. The van der Waals surface area contributed by atoms with E-state index in [-0.39, 0.29) is 29.9 Å². The summed E-state index contributed by atoms with van der Waals surface area (Å²) in [5.41, 5.74) is 7.95. The van der Waals surface area contributed by atoms with Crippen LogP contribution >= 0.6 is 11.6 Å². The number of rotatable bonds is 7. The number of hydrogen-bond acceptors (Lipinski definition) is 7. The zero-order valence-corrected chi connectivity index (χ0v) is 15.8. The van der Waals surface area contributed by atoms with Gasteiger partial charge in [-0.2, -0.15) is 5.10 Å². The normalized spacial score (nSPS) is 12.2. The van der Waals surface area contributed by atoms with Crippen molar-refractivity contribution < 1.29 is 19.3 Å². The Morgan fingerprint density at radius 1 is 1.32 bits per heavy atom. The first-order chi connectivity index (χ1) is 13.4. The zero-order valence-electron chi connectivity index (χ0n) is 15.0. The van der Waals surface area contributed by atoms with Crippen LogP contribution in [-0.2, 0) is 13.5 Å². The summed E-state index contributed by atoms with van der Waals surface area (Å²) >= 11 is 5.97. The van der Waals surface area contributed by atoms with Crippen molar-refractivity contribution in [3.63, 3.8) is 0 Å². The summed E-state index contributed by atoms with van der Waals surface area (Å²) in [6.07, 6.45) is 0.957. The standard InChI is InChI=1S/C18H19ClFN5O3/c1-25-7-11(16(24-25)14-6-15(19)23-18(21)22-14)5-10-3-2-4-13(20)17(10)28-9-12(27)8-26/h2-4,6-7,12,26-27H,5,8-9H2,1H3,(H2,21,22,23). The lowest BCUT2D eigenvalue weighted by molar-refractivity contribution is 0.0520. The minimum atomic E-state index is -1.10. The molecule has 0 aliphatic carbocycles. The number of anilines is 1. The van der Waals surface area contributed by atoms with Crippen molar-refractivity contribution in [2.75, 3.05) is 18.9 Å². The number of nitrogens with two attached hydrogens (primary N) is 1. The molecule has 3 aromatic rings. The maximum Gasteiger partial charge on any atom is 0.222 e. The molecule has 0 saturated carbocycles. The van der Waals surface area contributed by atoms with Gasteiger partial charge in [0.15, 0.2) is 11.6 Å². The molecule has 2 heterocycles. The number of aromatic nitrogens is 4. The topological polar surface area (TPSA) is 119 Å². The second kappa shape index (κ2) is 8.51. The van der Waals surface area contributed by atoms with Gasteiger partial charge >= 0.3 is 0 Å². The van der Waals surface area contributed by atoms with E-state index in [1.54, 1.807) is 36.1 Å². The fourth-order valence-electron chi connectivity index (χ4n) is 2.73. The summed E-state index contributed by atoms with van der Waals surface area (Å²) in [7, 11) is 1.75. The molecule has 0 fully saturated rings. The van der Waals surface area contributed by atoms with E-state index < -0.39 is 18.5 Å². The van der Waals surface area contributed by atoms with Gasteiger partial charge in [0.2, 0.25) is 5.95 Å². The predicted molar refractivity (Wildman–Crippen MR) is 101 cm³/mol. The summed E-state index contributed by atoms with van der Waals surface area (Å²) in [5, 5.41) is 23.0. The summed E-state index contributed by atoms with van der Waals surface area (Å²) in [6.45, 7) is -0.713. The highest BCUT2D eigenvalue weighted by Gasteiger charge is 2.18. The molecule has 0 amide bonds. The number of para-hydroxylation sites is 1. The van der Waals surface area contributed by atoms with E-state index in [9.17, 15) is 9.50 Å². The number of nitrogen functional groups attached to an aromatic ring is 1. The first-order valence-electron chi connectivity index (χ1n) is 8.39. The Kier molecular flexibility index (Phi) is 6.08. The molecule has 10 heteroatoms. The van der Waals surface area contributed by atoms with Crippen molar-refractivity contribution in [1.82, 2.24) is 19.7 Å². The summed E-state index contributed by atoms with van der Waals surface area (Å²) in [4.78, 5) is 8.01. The van der Waals surface area contributed by atoms with Gasteiger partial charge in [-0.15, -0.1) is 0 Å². The molecule has 28 heavy (non-hydrogen) atoms. The van der Waals surface area contributed by atoms with E-state index in [1.165, 1.54) is 6.07 Å². The van der Waals surface area contributed by atoms with Crippen LogP contribution < -0.4 is 10.5 Å². The number of aliphatic hydroxyl groups is 2. The molecule has 1 aromatic carbocycles. The number of aryl methyl sites for hydroxylation is 1. The largest absolute Gasteiger partial charge is 0.487 e. The molecule has 0 aliphatic heterocycles. The third-order valence-electron chi connectivity index (χ3n) is 3.92. The quantitative estimate of drug-likeness (QED) is 0.508. The molecule has 0 bridgehead atoms. The molecule has 148 valence electrons. The third kappa shape index (κ3) is 4.56. The molecule has 3 rings (SSSR count). The van der Waals surface area contributed by atoms with Crippen LogP contribution in [0.4, 0.5) is 10.3 Å². The minimum absolute atomic E-state index is 0.00466. The summed E-state index contributed by atoms with van der Waals surface area (Å²) in [6, 6.07) is 6.08. The van der Waals surface area contributed by atoms with Crippen molar-refractivity contribution in [2.45, 2.75) is 12.5 Å².